The molecule has 1 saturated carbocycles. The molecule has 3 atom stereocenters. The predicted molar refractivity (Wildman–Crippen MR) is 90.8 cm³/mol. The van der Waals surface area contributed by atoms with Gasteiger partial charge in [-0.2, -0.15) is 0 Å². The summed E-state index contributed by atoms with van der Waals surface area (Å²) in [7, 11) is 3.57. The van der Waals surface area contributed by atoms with E-state index >= 15 is 0 Å². The Morgan fingerprint density at radius 3 is 2.77 bits per heavy atom. The van der Waals surface area contributed by atoms with Crippen LogP contribution < -0.4 is 20.3 Å². The number of hydrogen-bond acceptors (Lipinski definition) is 3. The molecule has 0 spiro atoms. The van der Waals surface area contributed by atoms with Crippen LogP contribution in [0, 0.1) is 5.92 Å². The lowest BCUT2D eigenvalue weighted by Crippen LogP contribution is -2.45. The summed E-state index contributed by atoms with van der Waals surface area (Å²) in [6.45, 7) is 4.28. The molecule has 120 valence electrons. The van der Waals surface area contributed by atoms with Crippen LogP contribution in [0.5, 0.6) is 5.75 Å². The summed E-state index contributed by atoms with van der Waals surface area (Å²) in [5.74, 6) is 2.64. The van der Waals surface area contributed by atoms with E-state index in [4.69, 9.17) is 4.74 Å². The number of para-hydroxylation sites is 2. The molecule has 1 aliphatic carbocycles. The molecule has 0 radical (unpaired) electrons. The van der Waals surface area contributed by atoms with Gasteiger partial charge in [-0.1, -0.05) is 19.1 Å². The van der Waals surface area contributed by atoms with Crippen LogP contribution in [-0.2, 0) is 0 Å². The summed E-state index contributed by atoms with van der Waals surface area (Å²) in [6.07, 6.45) is 2.36. The fourth-order valence-corrected chi connectivity index (χ4v) is 3.05. The van der Waals surface area contributed by atoms with Gasteiger partial charge < -0.3 is 20.3 Å². The molecule has 1 saturated heterocycles. The Kier molecular flexibility index (Phi) is 4.41. The monoisotopic (exact) mass is 302 g/mol. The molecular weight excluding hydrogens is 276 g/mol. The molecule has 2 aliphatic rings. The molecular formula is C17H26N4O. The number of rotatable bonds is 4. The molecule has 1 aliphatic heterocycles. The van der Waals surface area contributed by atoms with E-state index in [0.29, 0.717) is 12.1 Å². The lowest BCUT2D eigenvalue weighted by atomic mass is 10.2. The van der Waals surface area contributed by atoms with Crippen molar-refractivity contribution in [3.63, 3.8) is 0 Å². The lowest BCUT2D eigenvalue weighted by molar-refractivity contribution is 0.415. The third kappa shape index (κ3) is 3.29. The molecule has 0 amide bonds. The van der Waals surface area contributed by atoms with E-state index < -0.39 is 0 Å². The van der Waals surface area contributed by atoms with Gasteiger partial charge in [0.1, 0.15) is 5.75 Å². The lowest BCUT2D eigenvalue weighted by Gasteiger charge is -2.22. The molecule has 1 aromatic carbocycles. The number of hydrogen-bond donors (Lipinski definition) is 2. The summed E-state index contributed by atoms with van der Waals surface area (Å²) in [5, 5.41) is 7.04. The van der Waals surface area contributed by atoms with Crippen molar-refractivity contribution >= 4 is 11.6 Å². The first-order valence-electron chi connectivity index (χ1n) is 8.09. The molecule has 0 aromatic heterocycles. The molecule has 5 heteroatoms. The first-order valence-corrected chi connectivity index (χ1v) is 8.09. The fraction of sp³-hybridized carbons (Fsp3) is 0.588. The topological polar surface area (TPSA) is 48.9 Å². The fourth-order valence-electron chi connectivity index (χ4n) is 3.05. The van der Waals surface area contributed by atoms with Crippen molar-refractivity contribution in [1.29, 1.82) is 0 Å². The van der Waals surface area contributed by atoms with Crippen LogP contribution in [-0.4, -0.2) is 45.3 Å². The Hall–Kier alpha value is -1.91. The molecule has 22 heavy (non-hydrogen) atoms. The normalized spacial score (nSPS) is 27.7. The van der Waals surface area contributed by atoms with Gasteiger partial charge in [-0.15, -0.1) is 0 Å². The molecule has 1 aromatic rings. The molecule has 2 fully saturated rings. The summed E-state index contributed by atoms with van der Waals surface area (Å²) >= 11 is 0. The summed E-state index contributed by atoms with van der Waals surface area (Å²) in [6, 6.07) is 9.23. The first-order chi connectivity index (χ1) is 10.7. The largest absolute Gasteiger partial charge is 0.495 e. The molecule has 3 unspecified atom stereocenters. The maximum Gasteiger partial charge on any atom is 0.191 e. The standard InChI is InChI=1S/C17H26N4O/c1-12-10-14(12)20-17(18-2)19-13-8-9-21(11-13)15-6-4-5-7-16(15)22-3/h4-7,12-14H,8-11H2,1-3H3,(H2,18,19,20). The third-order valence-corrected chi connectivity index (χ3v) is 4.61. The second-order valence-electron chi connectivity index (χ2n) is 6.28. The van der Waals surface area contributed by atoms with E-state index in [9.17, 15) is 0 Å². The number of guanidine groups is 1. The van der Waals surface area contributed by atoms with Crippen molar-refractivity contribution < 1.29 is 4.74 Å². The second kappa shape index (κ2) is 6.46. The smallest absolute Gasteiger partial charge is 0.191 e. The number of nitrogens with one attached hydrogen (secondary N) is 2. The zero-order valence-corrected chi connectivity index (χ0v) is 13.7. The zero-order valence-electron chi connectivity index (χ0n) is 13.7. The van der Waals surface area contributed by atoms with Gasteiger partial charge in [0.15, 0.2) is 5.96 Å². The highest BCUT2D eigenvalue weighted by Crippen LogP contribution is 2.31. The van der Waals surface area contributed by atoms with Crippen molar-refractivity contribution in [2.45, 2.75) is 31.8 Å². The maximum atomic E-state index is 5.47. The van der Waals surface area contributed by atoms with Crippen LogP contribution in [0.1, 0.15) is 19.8 Å². The molecule has 1 heterocycles. The van der Waals surface area contributed by atoms with Crippen molar-refractivity contribution in [3.05, 3.63) is 24.3 Å². The van der Waals surface area contributed by atoms with Gasteiger partial charge in [-0.25, -0.2) is 0 Å². The van der Waals surface area contributed by atoms with Crippen LogP contribution in [0.2, 0.25) is 0 Å². The van der Waals surface area contributed by atoms with E-state index in [2.05, 4.69) is 39.6 Å². The minimum absolute atomic E-state index is 0.421. The average Bonchev–Trinajstić information content (AvgIpc) is 3.04. The quantitative estimate of drug-likeness (QED) is 0.658. The first kappa shape index (κ1) is 15.0. The summed E-state index contributed by atoms with van der Waals surface area (Å²) in [4.78, 5) is 6.73. The minimum Gasteiger partial charge on any atom is -0.495 e. The van der Waals surface area contributed by atoms with Crippen LogP contribution >= 0.6 is 0 Å². The van der Waals surface area contributed by atoms with Gasteiger partial charge in [-0.3, -0.25) is 4.99 Å². The summed E-state index contributed by atoms with van der Waals surface area (Å²) in [5.41, 5.74) is 1.17. The van der Waals surface area contributed by atoms with Crippen molar-refractivity contribution in [3.8, 4) is 5.75 Å². The zero-order chi connectivity index (χ0) is 15.5. The van der Waals surface area contributed by atoms with E-state index in [-0.39, 0.29) is 0 Å². The second-order valence-corrected chi connectivity index (χ2v) is 6.28. The number of ether oxygens (including phenoxy) is 1. The third-order valence-electron chi connectivity index (χ3n) is 4.61. The van der Waals surface area contributed by atoms with Gasteiger partial charge >= 0.3 is 0 Å². The average molecular weight is 302 g/mol. The highest BCUT2D eigenvalue weighted by Gasteiger charge is 2.34. The van der Waals surface area contributed by atoms with Gasteiger partial charge in [0, 0.05) is 32.2 Å². The van der Waals surface area contributed by atoms with Crippen molar-refractivity contribution in [1.82, 2.24) is 10.6 Å². The van der Waals surface area contributed by atoms with Gasteiger partial charge in [-0.05, 0) is 30.9 Å². The van der Waals surface area contributed by atoms with Crippen LogP contribution in [0.25, 0.3) is 0 Å². The van der Waals surface area contributed by atoms with Crippen LogP contribution in [0.3, 0.4) is 0 Å². The van der Waals surface area contributed by atoms with Gasteiger partial charge in [0.25, 0.3) is 0 Å². The number of benzene rings is 1. The minimum atomic E-state index is 0.421. The van der Waals surface area contributed by atoms with Crippen LogP contribution in [0.15, 0.2) is 29.3 Å². The molecule has 0 bridgehead atoms. The predicted octanol–water partition coefficient (Wildman–Crippen LogP) is 1.85. The van der Waals surface area contributed by atoms with Gasteiger partial charge in [0.2, 0.25) is 0 Å². The van der Waals surface area contributed by atoms with E-state index in [1.54, 1.807) is 7.11 Å². The number of nitrogens with zero attached hydrogens (tertiary/aromatic N) is 2. The van der Waals surface area contributed by atoms with E-state index in [0.717, 1.165) is 37.1 Å². The Morgan fingerprint density at radius 2 is 2.09 bits per heavy atom. The Bertz CT molecular complexity index is 545. The SMILES string of the molecule is CN=C(NC1CCN(c2ccccc2OC)C1)NC1CC1C. The number of anilines is 1. The highest BCUT2D eigenvalue weighted by molar-refractivity contribution is 5.80. The van der Waals surface area contributed by atoms with Gasteiger partial charge in [0.05, 0.1) is 12.8 Å². The van der Waals surface area contributed by atoms with E-state index in [1.807, 2.05) is 19.2 Å². The highest BCUT2D eigenvalue weighted by atomic mass is 16.5. The van der Waals surface area contributed by atoms with E-state index in [1.165, 1.54) is 12.1 Å². The maximum absolute atomic E-state index is 5.47. The Labute approximate surface area is 132 Å². The number of methoxy groups -OCH3 is 1. The molecule has 2 N–H and O–H groups in total. The summed E-state index contributed by atoms with van der Waals surface area (Å²) < 4.78 is 5.47. The van der Waals surface area contributed by atoms with Crippen molar-refractivity contribution in [2.24, 2.45) is 10.9 Å². The van der Waals surface area contributed by atoms with Crippen LogP contribution in [0.4, 0.5) is 5.69 Å². The molecule has 5 nitrogen and oxygen atoms in total. The number of aliphatic imine (C=N–C) groups is 1. The Morgan fingerprint density at radius 1 is 1.32 bits per heavy atom. The van der Waals surface area contributed by atoms with Crippen molar-refractivity contribution in [2.75, 3.05) is 32.1 Å². The Balaban J connectivity index is 1.57. The molecule has 3 rings (SSSR count).